The van der Waals surface area contributed by atoms with Crippen LogP contribution in [0, 0.1) is 5.92 Å². The molecule has 0 spiro atoms. The van der Waals surface area contributed by atoms with Crippen molar-refractivity contribution in [3.63, 3.8) is 0 Å². The van der Waals surface area contributed by atoms with Crippen LogP contribution in [-0.2, 0) is 9.53 Å². The van der Waals surface area contributed by atoms with E-state index in [2.05, 4.69) is 10.6 Å². The van der Waals surface area contributed by atoms with Crippen LogP contribution in [0.2, 0.25) is 0 Å². The molecule has 0 saturated carbocycles. The molecule has 0 aromatic rings. The number of nitrogens with one attached hydrogen (secondary N) is 2. The Morgan fingerprint density at radius 1 is 1.44 bits per heavy atom. The minimum Gasteiger partial charge on any atom is -0.381 e. The summed E-state index contributed by atoms with van der Waals surface area (Å²) in [6, 6.07) is 0.379. The lowest BCUT2D eigenvalue weighted by Crippen LogP contribution is -2.33. The van der Waals surface area contributed by atoms with Crippen LogP contribution in [0.15, 0.2) is 0 Å². The van der Waals surface area contributed by atoms with E-state index in [-0.39, 0.29) is 5.91 Å². The van der Waals surface area contributed by atoms with Crippen molar-refractivity contribution in [2.24, 2.45) is 5.92 Å². The van der Waals surface area contributed by atoms with Gasteiger partial charge in [0.25, 0.3) is 0 Å². The summed E-state index contributed by atoms with van der Waals surface area (Å²) in [6.45, 7) is 3.71. The molecule has 4 heteroatoms. The van der Waals surface area contributed by atoms with Gasteiger partial charge in [0.2, 0.25) is 5.91 Å². The van der Waals surface area contributed by atoms with Crippen molar-refractivity contribution in [2.45, 2.75) is 38.1 Å². The Hall–Kier alpha value is -0.610. The maximum absolute atomic E-state index is 11.3. The van der Waals surface area contributed by atoms with Gasteiger partial charge in [-0.3, -0.25) is 4.79 Å². The third-order valence-corrected chi connectivity index (χ3v) is 3.49. The maximum atomic E-state index is 11.3. The van der Waals surface area contributed by atoms with Gasteiger partial charge in [-0.1, -0.05) is 0 Å². The second-order valence-electron chi connectivity index (χ2n) is 4.87. The van der Waals surface area contributed by atoms with Crippen LogP contribution in [-0.4, -0.2) is 38.3 Å². The first-order valence-corrected chi connectivity index (χ1v) is 6.42. The van der Waals surface area contributed by atoms with E-state index in [1.807, 2.05) is 0 Å². The van der Waals surface area contributed by atoms with Gasteiger partial charge in [-0.05, 0) is 38.1 Å². The lowest BCUT2D eigenvalue weighted by molar-refractivity contribution is -0.121. The standard InChI is InChI=1S/C12H22N2O2/c15-12-8-11(2-1-5-14-12)13-6-3-10-4-7-16-9-10/h10-11,13H,1-9H2,(H,14,15). The molecule has 2 aliphatic rings. The molecule has 2 N–H and O–H groups in total. The molecule has 16 heavy (non-hydrogen) atoms. The molecule has 0 radical (unpaired) electrons. The molecule has 4 nitrogen and oxygen atoms in total. The molecule has 92 valence electrons. The zero-order chi connectivity index (χ0) is 11.2. The predicted octanol–water partition coefficient (Wildman–Crippen LogP) is 0.671. The summed E-state index contributed by atoms with van der Waals surface area (Å²) >= 11 is 0. The summed E-state index contributed by atoms with van der Waals surface area (Å²) in [5.74, 6) is 0.923. The van der Waals surface area contributed by atoms with Crippen LogP contribution >= 0.6 is 0 Å². The van der Waals surface area contributed by atoms with Gasteiger partial charge >= 0.3 is 0 Å². The minimum atomic E-state index is 0.194. The van der Waals surface area contributed by atoms with Crippen LogP contribution < -0.4 is 10.6 Å². The zero-order valence-electron chi connectivity index (χ0n) is 9.84. The lowest BCUT2D eigenvalue weighted by Gasteiger charge is -2.16. The summed E-state index contributed by atoms with van der Waals surface area (Å²) in [7, 11) is 0. The van der Waals surface area contributed by atoms with Gasteiger partial charge in [0.1, 0.15) is 0 Å². The van der Waals surface area contributed by atoms with Crippen molar-refractivity contribution in [3.05, 3.63) is 0 Å². The second-order valence-corrected chi connectivity index (χ2v) is 4.87. The lowest BCUT2D eigenvalue weighted by atomic mass is 10.0. The van der Waals surface area contributed by atoms with Gasteiger partial charge < -0.3 is 15.4 Å². The van der Waals surface area contributed by atoms with Crippen molar-refractivity contribution >= 4 is 5.91 Å². The fraction of sp³-hybridized carbons (Fsp3) is 0.917. The minimum absolute atomic E-state index is 0.194. The molecule has 0 aliphatic carbocycles. The number of ether oxygens (including phenoxy) is 1. The van der Waals surface area contributed by atoms with E-state index in [1.165, 1.54) is 12.8 Å². The van der Waals surface area contributed by atoms with Gasteiger partial charge in [-0.15, -0.1) is 0 Å². The van der Waals surface area contributed by atoms with Gasteiger partial charge in [-0.2, -0.15) is 0 Å². The first-order valence-electron chi connectivity index (χ1n) is 6.42. The Labute approximate surface area is 97.1 Å². The Morgan fingerprint density at radius 3 is 3.19 bits per heavy atom. The van der Waals surface area contributed by atoms with Crippen molar-refractivity contribution in [1.29, 1.82) is 0 Å². The highest BCUT2D eigenvalue weighted by atomic mass is 16.5. The van der Waals surface area contributed by atoms with Gasteiger partial charge in [0, 0.05) is 32.2 Å². The molecule has 2 rings (SSSR count). The van der Waals surface area contributed by atoms with Crippen LogP contribution in [0.1, 0.15) is 32.1 Å². The predicted molar refractivity (Wildman–Crippen MR) is 62.2 cm³/mol. The molecular formula is C12H22N2O2. The number of rotatable bonds is 4. The summed E-state index contributed by atoms with van der Waals surface area (Å²) in [5, 5.41) is 6.41. The van der Waals surface area contributed by atoms with E-state index >= 15 is 0 Å². The number of hydrogen-bond acceptors (Lipinski definition) is 3. The second kappa shape index (κ2) is 6.21. The number of carbonyl (C=O) groups is 1. The highest BCUT2D eigenvalue weighted by molar-refractivity contribution is 5.76. The first kappa shape index (κ1) is 11.9. The summed E-state index contributed by atoms with van der Waals surface area (Å²) in [5.41, 5.74) is 0. The molecule has 1 amide bonds. The molecule has 2 atom stereocenters. The van der Waals surface area contributed by atoms with Crippen molar-refractivity contribution in [1.82, 2.24) is 10.6 Å². The van der Waals surface area contributed by atoms with E-state index in [0.29, 0.717) is 12.5 Å². The number of amides is 1. The number of carbonyl (C=O) groups excluding carboxylic acids is 1. The van der Waals surface area contributed by atoms with Crippen molar-refractivity contribution in [2.75, 3.05) is 26.3 Å². The van der Waals surface area contributed by atoms with Gasteiger partial charge in [0.15, 0.2) is 0 Å². The van der Waals surface area contributed by atoms with Crippen LogP contribution in [0.25, 0.3) is 0 Å². The van der Waals surface area contributed by atoms with E-state index in [4.69, 9.17) is 4.74 Å². The molecule has 2 unspecified atom stereocenters. The highest BCUT2D eigenvalue weighted by Gasteiger charge is 2.18. The average molecular weight is 226 g/mol. The monoisotopic (exact) mass is 226 g/mol. The largest absolute Gasteiger partial charge is 0.381 e. The van der Waals surface area contributed by atoms with E-state index < -0.39 is 0 Å². The van der Waals surface area contributed by atoms with Gasteiger partial charge in [0.05, 0.1) is 0 Å². The summed E-state index contributed by atoms with van der Waals surface area (Å²) in [4.78, 5) is 11.3. The van der Waals surface area contributed by atoms with Crippen LogP contribution in [0.5, 0.6) is 0 Å². The summed E-state index contributed by atoms with van der Waals surface area (Å²) < 4.78 is 5.34. The van der Waals surface area contributed by atoms with Crippen molar-refractivity contribution < 1.29 is 9.53 Å². The first-order chi connectivity index (χ1) is 7.84. The van der Waals surface area contributed by atoms with Gasteiger partial charge in [-0.25, -0.2) is 0 Å². The fourth-order valence-corrected chi connectivity index (χ4v) is 2.45. The Balaban J connectivity index is 1.62. The average Bonchev–Trinajstić information content (AvgIpc) is 2.69. The molecule has 0 bridgehead atoms. The zero-order valence-corrected chi connectivity index (χ0v) is 9.84. The van der Waals surface area contributed by atoms with Crippen LogP contribution in [0.3, 0.4) is 0 Å². The van der Waals surface area contributed by atoms with E-state index in [9.17, 15) is 4.79 Å². The smallest absolute Gasteiger partial charge is 0.221 e. The molecule has 0 aromatic carbocycles. The molecule has 2 heterocycles. The topological polar surface area (TPSA) is 50.4 Å². The third-order valence-electron chi connectivity index (χ3n) is 3.49. The fourth-order valence-electron chi connectivity index (χ4n) is 2.45. The van der Waals surface area contributed by atoms with E-state index in [0.717, 1.165) is 45.1 Å². The Kier molecular flexibility index (Phi) is 4.60. The third kappa shape index (κ3) is 3.76. The van der Waals surface area contributed by atoms with Crippen molar-refractivity contribution in [3.8, 4) is 0 Å². The normalized spacial score (nSPS) is 31.1. The Bertz CT molecular complexity index is 227. The molecule has 2 saturated heterocycles. The SMILES string of the molecule is O=C1CC(NCCC2CCOC2)CCCN1. The van der Waals surface area contributed by atoms with Crippen LogP contribution in [0.4, 0.5) is 0 Å². The molecule has 2 aliphatic heterocycles. The number of hydrogen-bond donors (Lipinski definition) is 2. The summed E-state index contributed by atoms with van der Waals surface area (Å²) in [6.07, 6.45) is 5.22. The maximum Gasteiger partial charge on any atom is 0.221 e. The van der Waals surface area contributed by atoms with E-state index in [1.54, 1.807) is 0 Å². The molecule has 0 aromatic heterocycles. The molecule has 2 fully saturated rings. The molecular weight excluding hydrogens is 204 g/mol. The Morgan fingerprint density at radius 2 is 2.38 bits per heavy atom. The highest BCUT2D eigenvalue weighted by Crippen LogP contribution is 2.15. The quantitative estimate of drug-likeness (QED) is 0.741.